The molecule has 0 unspecified atom stereocenters. The number of hydrogen-bond donors (Lipinski definition) is 2. The summed E-state index contributed by atoms with van der Waals surface area (Å²) < 4.78 is 5.66. The van der Waals surface area contributed by atoms with Crippen molar-refractivity contribution >= 4 is 39.8 Å². The van der Waals surface area contributed by atoms with E-state index in [2.05, 4.69) is 10.6 Å². The maximum atomic E-state index is 12.9. The smallest absolute Gasteiger partial charge is 0.262 e. The molecule has 3 aromatic rings. The van der Waals surface area contributed by atoms with Gasteiger partial charge in [0, 0.05) is 12.0 Å². The molecule has 148 valence electrons. The van der Waals surface area contributed by atoms with E-state index in [1.807, 2.05) is 31.2 Å². The summed E-state index contributed by atoms with van der Waals surface area (Å²) in [7, 11) is 0. The lowest BCUT2D eigenvalue weighted by atomic mass is 10.0. The zero-order valence-corrected chi connectivity index (χ0v) is 17.3. The number of para-hydroxylation sites is 1. The molecule has 0 fully saturated rings. The molecule has 29 heavy (non-hydrogen) atoms. The SMILES string of the molecule is Cc1cc(NC(=O)c2ccccc2Cl)sc1C(=O)N[C@@H]1CCOc2ccccc21. The second-order valence-electron chi connectivity index (χ2n) is 6.76. The van der Waals surface area contributed by atoms with Gasteiger partial charge < -0.3 is 15.4 Å². The van der Waals surface area contributed by atoms with Gasteiger partial charge in [-0.05, 0) is 36.8 Å². The normalized spacial score (nSPS) is 15.2. The summed E-state index contributed by atoms with van der Waals surface area (Å²) in [5.74, 6) is 0.342. The Morgan fingerprint density at radius 1 is 1.10 bits per heavy atom. The van der Waals surface area contributed by atoms with Crippen molar-refractivity contribution in [3.8, 4) is 5.75 Å². The third kappa shape index (κ3) is 4.13. The van der Waals surface area contributed by atoms with Gasteiger partial charge in [-0.25, -0.2) is 0 Å². The van der Waals surface area contributed by atoms with E-state index in [4.69, 9.17) is 16.3 Å². The molecule has 1 aliphatic rings. The minimum absolute atomic E-state index is 0.102. The standard InChI is InChI=1S/C22H19ClN2O3S/c1-13-12-19(25-21(26)14-6-2-4-8-16(14)23)29-20(13)22(27)24-17-10-11-28-18-9-5-3-7-15(17)18/h2-9,12,17H,10-11H2,1H3,(H,24,27)(H,25,26)/t17-/m1/s1. The number of aryl methyl sites for hydroxylation is 1. The molecule has 0 saturated carbocycles. The fraction of sp³-hybridized carbons (Fsp3) is 0.182. The monoisotopic (exact) mass is 426 g/mol. The zero-order chi connectivity index (χ0) is 20.4. The van der Waals surface area contributed by atoms with Crippen LogP contribution in [0.2, 0.25) is 5.02 Å². The topological polar surface area (TPSA) is 67.4 Å². The van der Waals surface area contributed by atoms with E-state index in [1.165, 1.54) is 11.3 Å². The van der Waals surface area contributed by atoms with E-state index in [9.17, 15) is 9.59 Å². The summed E-state index contributed by atoms with van der Waals surface area (Å²) in [4.78, 5) is 25.9. The molecular weight excluding hydrogens is 408 g/mol. The van der Waals surface area contributed by atoms with Gasteiger partial charge in [-0.3, -0.25) is 9.59 Å². The minimum Gasteiger partial charge on any atom is -0.493 e. The maximum absolute atomic E-state index is 12.9. The summed E-state index contributed by atoms with van der Waals surface area (Å²) >= 11 is 7.34. The first-order valence-electron chi connectivity index (χ1n) is 9.22. The van der Waals surface area contributed by atoms with Crippen molar-refractivity contribution in [3.63, 3.8) is 0 Å². The molecule has 0 aliphatic carbocycles. The summed E-state index contributed by atoms with van der Waals surface area (Å²) in [6.07, 6.45) is 0.712. The van der Waals surface area contributed by atoms with Crippen LogP contribution in [-0.2, 0) is 0 Å². The Hall–Kier alpha value is -2.83. The van der Waals surface area contributed by atoms with Crippen molar-refractivity contribution in [1.29, 1.82) is 0 Å². The second kappa shape index (κ2) is 8.27. The van der Waals surface area contributed by atoms with E-state index in [1.54, 1.807) is 30.3 Å². The van der Waals surface area contributed by atoms with E-state index >= 15 is 0 Å². The van der Waals surface area contributed by atoms with Crippen LogP contribution in [0.3, 0.4) is 0 Å². The molecule has 0 saturated heterocycles. The lowest BCUT2D eigenvalue weighted by molar-refractivity contribution is 0.0927. The van der Waals surface area contributed by atoms with Gasteiger partial charge in [0.2, 0.25) is 0 Å². The Bertz CT molecular complexity index is 1080. The molecule has 0 spiro atoms. The average molecular weight is 427 g/mol. The molecule has 4 rings (SSSR count). The molecule has 0 bridgehead atoms. The summed E-state index contributed by atoms with van der Waals surface area (Å²) in [5, 5.41) is 6.91. The van der Waals surface area contributed by atoms with Crippen molar-refractivity contribution in [2.75, 3.05) is 11.9 Å². The number of nitrogens with one attached hydrogen (secondary N) is 2. The van der Waals surface area contributed by atoms with Crippen LogP contribution in [-0.4, -0.2) is 18.4 Å². The van der Waals surface area contributed by atoms with Gasteiger partial charge in [0.05, 0.1) is 33.1 Å². The zero-order valence-electron chi connectivity index (χ0n) is 15.7. The molecule has 5 nitrogen and oxygen atoms in total. The number of thiophene rings is 1. The summed E-state index contributed by atoms with van der Waals surface area (Å²) in [6.45, 7) is 2.42. The van der Waals surface area contributed by atoms with Crippen molar-refractivity contribution in [2.24, 2.45) is 0 Å². The fourth-order valence-electron chi connectivity index (χ4n) is 3.31. The predicted octanol–water partition coefficient (Wildman–Crippen LogP) is 5.22. The van der Waals surface area contributed by atoms with Gasteiger partial charge in [0.1, 0.15) is 5.75 Å². The Morgan fingerprint density at radius 2 is 1.86 bits per heavy atom. The molecule has 7 heteroatoms. The minimum atomic E-state index is -0.304. The average Bonchev–Trinajstić information content (AvgIpc) is 3.08. The fourth-order valence-corrected chi connectivity index (χ4v) is 4.50. The Kier molecular flexibility index (Phi) is 5.56. The second-order valence-corrected chi connectivity index (χ2v) is 8.22. The molecule has 2 heterocycles. The molecule has 2 amide bonds. The number of anilines is 1. The van der Waals surface area contributed by atoms with Gasteiger partial charge in [-0.1, -0.05) is 41.9 Å². The van der Waals surface area contributed by atoms with Crippen LogP contribution >= 0.6 is 22.9 Å². The number of benzene rings is 2. The lowest BCUT2D eigenvalue weighted by Crippen LogP contribution is -2.32. The van der Waals surface area contributed by atoms with Gasteiger partial charge in [-0.15, -0.1) is 11.3 Å². The van der Waals surface area contributed by atoms with E-state index in [0.29, 0.717) is 33.5 Å². The maximum Gasteiger partial charge on any atom is 0.262 e. The number of amides is 2. The lowest BCUT2D eigenvalue weighted by Gasteiger charge is -2.26. The number of carbonyl (C=O) groups is 2. The number of halogens is 1. The van der Waals surface area contributed by atoms with Crippen molar-refractivity contribution < 1.29 is 14.3 Å². The van der Waals surface area contributed by atoms with Crippen molar-refractivity contribution in [2.45, 2.75) is 19.4 Å². The van der Waals surface area contributed by atoms with Crippen LogP contribution in [0.5, 0.6) is 5.75 Å². The highest BCUT2D eigenvalue weighted by Gasteiger charge is 2.25. The Morgan fingerprint density at radius 3 is 2.69 bits per heavy atom. The highest BCUT2D eigenvalue weighted by Crippen LogP contribution is 2.33. The van der Waals surface area contributed by atoms with Gasteiger partial charge in [0.25, 0.3) is 11.8 Å². The molecule has 0 radical (unpaired) electrons. The van der Waals surface area contributed by atoms with Crippen LogP contribution in [0, 0.1) is 6.92 Å². The van der Waals surface area contributed by atoms with Gasteiger partial charge >= 0.3 is 0 Å². The van der Waals surface area contributed by atoms with Crippen molar-refractivity contribution in [3.05, 3.63) is 81.2 Å². The molecule has 2 aromatic carbocycles. The molecular formula is C22H19ClN2O3S. The Labute approximate surface area is 177 Å². The highest BCUT2D eigenvalue weighted by molar-refractivity contribution is 7.18. The largest absolute Gasteiger partial charge is 0.493 e. The molecule has 1 atom stereocenters. The quantitative estimate of drug-likeness (QED) is 0.601. The van der Waals surface area contributed by atoms with Crippen molar-refractivity contribution in [1.82, 2.24) is 5.32 Å². The van der Waals surface area contributed by atoms with E-state index in [-0.39, 0.29) is 17.9 Å². The van der Waals surface area contributed by atoms with Gasteiger partial charge in [0.15, 0.2) is 0 Å². The third-order valence-corrected chi connectivity index (χ3v) is 6.22. The number of hydrogen-bond acceptors (Lipinski definition) is 4. The van der Waals surface area contributed by atoms with Crippen LogP contribution in [0.15, 0.2) is 54.6 Å². The predicted molar refractivity (Wildman–Crippen MR) is 115 cm³/mol. The molecule has 2 N–H and O–H groups in total. The molecule has 1 aromatic heterocycles. The first kappa shape index (κ1) is 19.5. The van der Waals surface area contributed by atoms with E-state index in [0.717, 1.165) is 16.9 Å². The number of rotatable bonds is 4. The number of fused-ring (bicyclic) bond motifs is 1. The third-order valence-electron chi connectivity index (χ3n) is 4.74. The first-order chi connectivity index (χ1) is 14.0. The summed E-state index contributed by atoms with van der Waals surface area (Å²) in [6, 6.07) is 16.3. The number of carbonyl (C=O) groups excluding carboxylic acids is 2. The first-order valence-corrected chi connectivity index (χ1v) is 10.4. The van der Waals surface area contributed by atoms with Crippen LogP contribution < -0.4 is 15.4 Å². The van der Waals surface area contributed by atoms with Crippen LogP contribution in [0.4, 0.5) is 5.00 Å². The Balaban J connectivity index is 1.49. The van der Waals surface area contributed by atoms with Crippen LogP contribution in [0.25, 0.3) is 0 Å². The highest BCUT2D eigenvalue weighted by atomic mass is 35.5. The molecule has 1 aliphatic heterocycles. The number of ether oxygens (including phenoxy) is 1. The summed E-state index contributed by atoms with van der Waals surface area (Å²) in [5.41, 5.74) is 2.18. The van der Waals surface area contributed by atoms with Crippen LogP contribution in [0.1, 0.15) is 43.6 Å². The van der Waals surface area contributed by atoms with E-state index < -0.39 is 0 Å². The van der Waals surface area contributed by atoms with Gasteiger partial charge in [-0.2, -0.15) is 0 Å².